The van der Waals surface area contributed by atoms with Crippen LogP contribution in [0.25, 0.3) is 0 Å². The largest absolute Gasteiger partial charge is 0.497 e. The van der Waals surface area contributed by atoms with E-state index in [1.165, 1.54) is 37.7 Å². The maximum atomic E-state index is 5.22. The van der Waals surface area contributed by atoms with Crippen molar-refractivity contribution in [3.05, 3.63) is 29.8 Å². The van der Waals surface area contributed by atoms with Crippen LogP contribution in [0.5, 0.6) is 5.75 Å². The van der Waals surface area contributed by atoms with E-state index in [-0.39, 0.29) is 0 Å². The first-order valence-corrected chi connectivity index (χ1v) is 7.20. The predicted molar refractivity (Wildman–Crippen MR) is 76.0 cm³/mol. The number of hydrogen-bond donors (Lipinski definition) is 1. The summed E-state index contributed by atoms with van der Waals surface area (Å²) in [5, 5.41) is 3.67. The van der Waals surface area contributed by atoms with Gasteiger partial charge in [-0.05, 0) is 49.4 Å². The van der Waals surface area contributed by atoms with Gasteiger partial charge >= 0.3 is 0 Å². The Kier molecular flexibility index (Phi) is 5.06. The molecule has 0 spiro atoms. The van der Waals surface area contributed by atoms with Crippen LogP contribution >= 0.6 is 0 Å². The Hall–Kier alpha value is -1.02. The molecule has 0 radical (unpaired) electrons. The number of benzene rings is 1. The van der Waals surface area contributed by atoms with Crippen LogP contribution < -0.4 is 10.1 Å². The summed E-state index contributed by atoms with van der Waals surface area (Å²) in [6.45, 7) is 3.32. The van der Waals surface area contributed by atoms with Gasteiger partial charge in [0.05, 0.1) is 7.11 Å². The highest BCUT2D eigenvalue weighted by atomic mass is 16.5. The SMILES string of the molecule is CCCNC(CCC1CC1)c1ccc(OC)cc1. The van der Waals surface area contributed by atoms with Gasteiger partial charge in [-0.3, -0.25) is 0 Å². The summed E-state index contributed by atoms with van der Waals surface area (Å²) in [6, 6.07) is 9.02. The van der Waals surface area contributed by atoms with E-state index in [9.17, 15) is 0 Å². The lowest BCUT2D eigenvalue weighted by atomic mass is 10.00. The van der Waals surface area contributed by atoms with Crippen LogP contribution in [-0.2, 0) is 0 Å². The van der Waals surface area contributed by atoms with Crippen molar-refractivity contribution in [2.24, 2.45) is 5.92 Å². The molecule has 1 aromatic rings. The van der Waals surface area contributed by atoms with Gasteiger partial charge in [0.15, 0.2) is 0 Å². The molecule has 1 atom stereocenters. The molecule has 1 unspecified atom stereocenters. The van der Waals surface area contributed by atoms with E-state index in [1.807, 2.05) is 0 Å². The molecule has 0 saturated heterocycles. The van der Waals surface area contributed by atoms with Gasteiger partial charge in [-0.25, -0.2) is 0 Å². The zero-order valence-electron chi connectivity index (χ0n) is 11.6. The number of methoxy groups -OCH3 is 1. The van der Waals surface area contributed by atoms with E-state index in [0.717, 1.165) is 18.2 Å². The van der Waals surface area contributed by atoms with Crippen LogP contribution in [0.15, 0.2) is 24.3 Å². The Morgan fingerprint density at radius 2 is 2.00 bits per heavy atom. The predicted octanol–water partition coefficient (Wildman–Crippen LogP) is 3.93. The molecule has 1 aliphatic rings. The second-order valence-corrected chi connectivity index (χ2v) is 5.30. The summed E-state index contributed by atoms with van der Waals surface area (Å²) < 4.78 is 5.22. The Bertz CT molecular complexity index is 343. The summed E-state index contributed by atoms with van der Waals surface area (Å²) in [7, 11) is 1.72. The van der Waals surface area contributed by atoms with E-state index < -0.39 is 0 Å². The lowest BCUT2D eigenvalue weighted by Gasteiger charge is -2.19. The minimum absolute atomic E-state index is 0.511. The average molecular weight is 247 g/mol. The van der Waals surface area contributed by atoms with Crippen LogP contribution in [-0.4, -0.2) is 13.7 Å². The molecule has 2 rings (SSSR count). The first-order valence-electron chi connectivity index (χ1n) is 7.20. The van der Waals surface area contributed by atoms with E-state index in [2.05, 4.69) is 36.5 Å². The number of ether oxygens (including phenoxy) is 1. The van der Waals surface area contributed by atoms with Crippen molar-refractivity contribution < 1.29 is 4.74 Å². The van der Waals surface area contributed by atoms with Gasteiger partial charge in [0.25, 0.3) is 0 Å². The number of nitrogens with one attached hydrogen (secondary N) is 1. The first-order chi connectivity index (χ1) is 8.83. The highest BCUT2D eigenvalue weighted by Crippen LogP contribution is 2.36. The summed E-state index contributed by atoms with van der Waals surface area (Å²) >= 11 is 0. The molecule has 18 heavy (non-hydrogen) atoms. The normalized spacial score (nSPS) is 16.6. The van der Waals surface area contributed by atoms with Gasteiger partial charge < -0.3 is 10.1 Å². The molecule has 1 saturated carbocycles. The standard InChI is InChI=1S/C16H25NO/c1-3-12-17-16(11-6-13-4-5-13)14-7-9-15(18-2)10-8-14/h7-10,13,16-17H,3-6,11-12H2,1-2H3. The molecule has 0 aliphatic heterocycles. The molecule has 2 nitrogen and oxygen atoms in total. The van der Waals surface area contributed by atoms with E-state index in [0.29, 0.717) is 6.04 Å². The third-order valence-corrected chi connectivity index (χ3v) is 3.72. The van der Waals surface area contributed by atoms with E-state index >= 15 is 0 Å². The lowest BCUT2D eigenvalue weighted by molar-refractivity contribution is 0.413. The minimum atomic E-state index is 0.511. The quantitative estimate of drug-likeness (QED) is 0.751. The molecule has 0 aromatic heterocycles. The number of hydrogen-bond acceptors (Lipinski definition) is 2. The third kappa shape index (κ3) is 4.02. The van der Waals surface area contributed by atoms with Crippen molar-refractivity contribution in [3.63, 3.8) is 0 Å². The maximum Gasteiger partial charge on any atom is 0.118 e. The summed E-state index contributed by atoms with van der Waals surface area (Å²) in [5.74, 6) is 1.95. The topological polar surface area (TPSA) is 21.3 Å². The van der Waals surface area contributed by atoms with Crippen LogP contribution in [0.4, 0.5) is 0 Å². The molecule has 0 amide bonds. The van der Waals surface area contributed by atoms with Crippen LogP contribution in [0, 0.1) is 5.92 Å². The molecular weight excluding hydrogens is 222 g/mol. The van der Waals surface area contributed by atoms with Crippen molar-refractivity contribution in [1.82, 2.24) is 5.32 Å². The second-order valence-electron chi connectivity index (χ2n) is 5.30. The molecule has 0 bridgehead atoms. The smallest absolute Gasteiger partial charge is 0.118 e. The van der Waals surface area contributed by atoms with E-state index in [4.69, 9.17) is 4.74 Å². The lowest BCUT2D eigenvalue weighted by Crippen LogP contribution is -2.22. The first kappa shape index (κ1) is 13.4. The highest BCUT2D eigenvalue weighted by molar-refractivity contribution is 5.29. The molecule has 100 valence electrons. The fourth-order valence-corrected chi connectivity index (χ4v) is 2.35. The van der Waals surface area contributed by atoms with Gasteiger partial charge in [0.2, 0.25) is 0 Å². The minimum Gasteiger partial charge on any atom is -0.497 e. The fraction of sp³-hybridized carbons (Fsp3) is 0.625. The summed E-state index contributed by atoms with van der Waals surface area (Å²) in [6.07, 6.45) is 6.71. The molecule has 1 aromatic carbocycles. The third-order valence-electron chi connectivity index (χ3n) is 3.72. The Labute approximate surface area is 111 Å². The van der Waals surface area contributed by atoms with Gasteiger partial charge in [-0.1, -0.05) is 31.9 Å². The van der Waals surface area contributed by atoms with Gasteiger partial charge in [0, 0.05) is 6.04 Å². The fourth-order valence-electron chi connectivity index (χ4n) is 2.35. The van der Waals surface area contributed by atoms with Crippen LogP contribution in [0.3, 0.4) is 0 Å². The zero-order chi connectivity index (χ0) is 12.8. The average Bonchev–Trinajstić information content (AvgIpc) is 3.23. The molecule has 1 fully saturated rings. The van der Waals surface area contributed by atoms with Crippen molar-refractivity contribution in [3.8, 4) is 5.75 Å². The van der Waals surface area contributed by atoms with Gasteiger partial charge in [-0.15, -0.1) is 0 Å². The van der Waals surface area contributed by atoms with Crippen molar-refractivity contribution in [2.75, 3.05) is 13.7 Å². The summed E-state index contributed by atoms with van der Waals surface area (Å²) in [5.41, 5.74) is 1.39. The van der Waals surface area contributed by atoms with Crippen LogP contribution in [0.2, 0.25) is 0 Å². The summed E-state index contributed by atoms with van der Waals surface area (Å²) in [4.78, 5) is 0. The van der Waals surface area contributed by atoms with Crippen LogP contribution in [0.1, 0.15) is 50.6 Å². The van der Waals surface area contributed by atoms with Gasteiger partial charge in [-0.2, -0.15) is 0 Å². The van der Waals surface area contributed by atoms with Crippen molar-refractivity contribution in [2.45, 2.75) is 45.1 Å². The zero-order valence-corrected chi connectivity index (χ0v) is 11.6. The highest BCUT2D eigenvalue weighted by Gasteiger charge is 2.22. The van der Waals surface area contributed by atoms with E-state index in [1.54, 1.807) is 7.11 Å². The van der Waals surface area contributed by atoms with Gasteiger partial charge in [0.1, 0.15) is 5.75 Å². The Morgan fingerprint density at radius 1 is 1.28 bits per heavy atom. The molecule has 0 heterocycles. The Morgan fingerprint density at radius 3 is 2.56 bits per heavy atom. The second kappa shape index (κ2) is 6.79. The Balaban J connectivity index is 1.94. The molecule has 1 N–H and O–H groups in total. The molecular formula is C16H25NO. The van der Waals surface area contributed by atoms with Crippen molar-refractivity contribution >= 4 is 0 Å². The maximum absolute atomic E-state index is 5.22. The monoisotopic (exact) mass is 247 g/mol. The molecule has 2 heteroatoms. The number of rotatable bonds is 8. The van der Waals surface area contributed by atoms with Crippen molar-refractivity contribution in [1.29, 1.82) is 0 Å². The molecule has 1 aliphatic carbocycles.